The summed E-state index contributed by atoms with van der Waals surface area (Å²) in [7, 11) is 2.80. The fourth-order valence-corrected chi connectivity index (χ4v) is 5.09. The highest BCUT2D eigenvalue weighted by molar-refractivity contribution is 8.00. The molecule has 2 aromatic rings. The molecule has 2 heterocycles. The molecule has 1 aliphatic rings. The number of hydrogen-bond donors (Lipinski definition) is 1. The molecule has 0 amide bonds. The van der Waals surface area contributed by atoms with Crippen LogP contribution in [0.25, 0.3) is 0 Å². The second-order valence-corrected chi connectivity index (χ2v) is 9.13. The van der Waals surface area contributed by atoms with E-state index >= 15 is 0 Å². The van der Waals surface area contributed by atoms with Gasteiger partial charge in [-0.1, -0.05) is 31.0 Å². The highest BCUT2D eigenvalue weighted by Crippen LogP contribution is 2.36. The van der Waals surface area contributed by atoms with E-state index in [9.17, 15) is 14.4 Å². The molecular formula is C20H29N5O3S. The summed E-state index contributed by atoms with van der Waals surface area (Å²) in [6.07, 6.45) is 5.88. The average Bonchev–Trinajstić information content (AvgIpc) is 2.98. The molecule has 1 saturated carbocycles. The molecule has 1 aliphatic carbocycles. The predicted octanol–water partition coefficient (Wildman–Crippen LogP) is 2.35. The number of hydrogen-bond acceptors (Lipinski definition) is 6. The molecule has 0 radical (unpaired) electrons. The van der Waals surface area contributed by atoms with Crippen molar-refractivity contribution in [3.05, 3.63) is 37.8 Å². The highest BCUT2D eigenvalue weighted by Gasteiger charge is 2.29. The monoisotopic (exact) mass is 419 g/mol. The molecule has 1 atom stereocenters. The van der Waals surface area contributed by atoms with Crippen molar-refractivity contribution in [3.8, 4) is 0 Å². The second kappa shape index (κ2) is 8.22. The molecule has 3 rings (SSSR count). The fourth-order valence-electron chi connectivity index (χ4n) is 3.95. The third-order valence-electron chi connectivity index (χ3n) is 5.90. The van der Waals surface area contributed by atoms with E-state index in [2.05, 4.69) is 11.5 Å². The normalized spacial score (nSPS) is 16.2. The van der Waals surface area contributed by atoms with Crippen molar-refractivity contribution in [2.45, 2.75) is 69.3 Å². The van der Waals surface area contributed by atoms with Crippen molar-refractivity contribution in [2.24, 2.45) is 14.1 Å². The van der Waals surface area contributed by atoms with E-state index in [4.69, 9.17) is 10.7 Å². The molecule has 0 aromatic carbocycles. The van der Waals surface area contributed by atoms with Crippen molar-refractivity contribution < 1.29 is 4.79 Å². The Kier molecular flexibility index (Phi) is 6.07. The predicted molar refractivity (Wildman–Crippen MR) is 115 cm³/mol. The zero-order valence-electron chi connectivity index (χ0n) is 17.7. The summed E-state index contributed by atoms with van der Waals surface area (Å²) < 4.78 is 4.30. The number of carbonyl (C=O) groups is 1. The number of nitrogens with two attached hydrogens (primary N) is 1. The smallest absolute Gasteiger partial charge is 0.332 e. The molecule has 9 heteroatoms. The first-order valence-electron chi connectivity index (χ1n) is 9.96. The summed E-state index contributed by atoms with van der Waals surface area (Å²) in [5, 5.41) is 0.235. The number of thioether (sulfide) groups is 1. The lowest BCUT2D eigenvalue weighted by atomic mass is 9.95. The van der Waals surface area contributed by atoms with Gasteiger partial charge in [0.2, 0.25) is 0 Å². The van der Waals surface area contributed by atoms with Gasteiger partial charge in [0.1, 0.15) is 11.4 Å². The van der Waals surface area contributed by atoms with Crippen LogP contribution in [-0.2, 0) is 14.1 Å². The fraction of sp³-hybridized carbons (Fsp3) is 0.600. The SMILES string of the molecule is Cc1nc(SC(C)C(=O)c2c(N)n(C)c(=O)n(C)c2=O)n(C2CCCCC2)c1C. The molecular weight excluding hydrogens is 390 g/mol. The number of carbonyl (C=O) groups excluding carboxylic acids is 1. The summed E-state index contributed by atoms with van der Waals surface area (Å²) >= 11 is 1.35. The molecule has 0 bridgehead atoms. The highest BCUT2D eigenvalue weighted by atomic mass is 32.2. The van der Waals surface area contributed by atoms with Crippen LogP contribution < -0.4 is 17.0 Å². The molecule has 2 aromatic heterocycles. The first-order chi connectivity index (χ1) is 13.6. The lowest BCUT2D eigenvalue weighted by Crippen LogP contribution is -2.42. The molecule has 2 N–H and O–H groups in total. The first-order valence-corrected chi connectivity index (χ1v) is 10.8. The van der Waals surface area contributed by atoms with E-state index in [1.54, 1.807) is 6.92 Å². The van der Waals surface area contributed by atoms with E-state index in [1.807, 2.05) is 6.92 Å². The van der Waals surface area contributed by atoms with Gasteiger partial charge < -0.3 is 10.3 Å². The summed E-state index contributed by atoms with van der Waals surface area (Å²) in [6, 6.07) is 0.394. The minimum Gasteiger partial charge on any atom is -0.384 e. The van der Waals surface area contributed by atoms with Crippen LogP contribution in [0.5, 0.6) is 0 Å². The largest absolute Gasteiger partial charge is 0.384 e. The van der Waals surface area contributed by atoms with Crippen LogP contribution in [0.1, 0.15) is 66.8 Å². The topological polar surface area (TPSA) is 105 Å². The number of ketones is 1. The zero-order chi connectivity index (χ0) is 21.5. The van der Waals surface area contributed by atoms with E-state index < -0.39 is 22.3 Å². The quantitative estimate of drug-likeness (QED) is 0.589. The van der Waals surface area contributed by atoms with Crippen molar-refractivity contribution in [3.63, 3.8) is 0 Å². The number of Topliss-reactive ketones (excluding diaryl/α,β-unsaturated/α-hetero) is 1. The van der Waals surface area contributed by atoms with Crippen LogP contribution in [0.15, 0.2) is 14.7 Å². The lowest BCUT2D eigenvalue weighted by Gasteiger charge is -2.26. The maximum atomic E-state index is 13.1. The van der Waals surface area contributed by atoms with Gasteiger partial charge in [-0.05, 0) is 33.6 Å². The Morgan fingerprint density at radius 2 is 1.76 bits per heavy atom. The number of imidazole rings is 1. The molecule has 8 nitrogen and oxygen atoms in total. The lowest BCUT2D eigenvalue weighted by molar-refractivity contribution is 0.0992. The number of rotatable bonds is 5. The summed E-state index contributed by atoms with van der Waals surface area (Å²) in [5.41, 5.74) is 6.68. The molecule has 1 unspecified atom stereocenters. The number of nitrogen functional groups attached to an aromatic ring is 1. The number of aryl methyl sites for hydroxylation is 1. The Morgan fingerprint density at radius 3 is 2.38 bits per heavy atom. The van der Waals surface area contributed by atoms with Crippen molar-refractivity contribution in [1.82, 2.24) is 18.7 Å². The van der Waals surface area contributed by atoms with Crippen LogP contribution >= 0.6 is 11.8 Å². The molecule has 0 aliphatic heterocycles. The van der Waals surface area contributed by atoms with E-state index in [1.165, 1.54) is 45.1 Å². The van der Waals surface area contributed by atoms with Crippen molar-refractivity contribution >= 4 is 23.4 Å². The summed E-state index contributed by atoms with van der Waals surface area (Å²) in [4.78, 5) is 42.4. The van der Waals surface area contributed by atoms with Gasteiger partial charge in [0.15, 0.2) is 10.9 Å². The number of nitrogens with zero attached hydrogens (tertiary/aromatic N) is 4. The third kappa shape index (κ3) is 3.80. The second-order valence-electron chi connectivity index (χ2n) is 7.82. The molecule has 0 spiro atoms. The minimum absolute atomic E-state index is 0.0986. The number of aromatic nitrogens is 4. The van der Waals surface area contributed by atoms with Gasteiger partial charge in [-0.15, -0.1) is 0 Å². The third-order valence-corrected chi connectivity index (χ3v) is 6.97. The van der Waals surface area contributed by atoms with Crippen molar-refractivity contribution in [1.29, 1.82) is 0 Å². The number of anilines is 1. The summed E-state index contributed by atoms with van der Waals surface area (Å²) in [6.45, 7) is 5.79. The first kappa shape index (κ1) is 21.4. The molecule has 0 saturated heterocycles. The van der Waals surface area contributed by atoms with Gasteiger partial charge in [0, 0.05) is 25.8 Å². The summed E-state index contributed by atoms with van der Waals surface area (Å²) in [5.74, 6) is -0.490. The van der Waals surface area contributed by atoms with E-state index in [0.717, 1.165) is 38.5 Å². The Balaban J connectivity index is 1.95. The molecule has 1 fully saturated rings. The van der Waals surface area contributed by atoms with Gasteiger partial charge >= 0.3 is 5.69 Å². The maximum Gasteiger partial charge on any atom is 0.332 e. The van der Waals surface area contributed by atoms with Crippen molar-refractivity contribution in [2.75, 3.05) is 5.73 Å². The molecule has 158 valence electrons. The van der Waals surface area contributed by atoms with Gasteiger partial charge in [0.25, 0.3) is 5.56 Å². The van der Waals surface area contributed by atoms with E-state index in [0.29, 0.717) is 6.04 Å². The standard InChI is InChI=1S/C20H29N5O3S/c1-11-12(2)25(14-9-7-6-8-10-14)19(22-11)29-13(3)16(26)15-17(21)23(4)20(28)24(5)18(15)27/h13-14H,6-10,21H2,1-5H3. The van der Waals surface area contributed by atoms with Gasteiger partial charge in [-0.25, -0.2) is 9.78 Å². The minimum atomic E-state index is -0.661. The molecule has 29 heavy (non-hydrogen) atoms. The maximum absolute atomic E-state index is 13.1. The van der Waals surface area contributed by atoms with Crippen LogP contribution in [-0.4, -0.2) is 29.7 Å². The Hall–Kier alpha value is -2.29. The zero-order valence-corrected chi connectivity index (χ0v) is 18.5. The van der Waals surface area contributed by atoms with Gasteiger partial charge in [-0.2, -0.15) is 0 Å². The Bertz CT molecular complexity index is 1060. The average molecular weight is 420 g/mol. The van der Waals surface area contributed by atoms with Gasteiger partial charge in [-0.3, -0.25) is 18.7 Å². The Morgan fingerprint density at radius 1 is 1.14 bits per heavy atom. The van der Waals surface area contributed by atoms with Crippen LogP contribution in [0.3, 0.4) is 0 Å². The van der Waals surface area contributed by atoms with Gasteiger partial charge in [0.05, 0.1) is 10.9 Å². The Labute approximate surface area is 174 Å². The van der Waals surface area contributed by atoms with Crippen LogP contribution in [0, 0.1) is 13.8 Å². The van der Waals surface area contributed by atoms with Crippen LogP contribution in [0.4, 0.5) is 5.82 Å². The van der Waals surface area contributed by atoms with E-state index in [-0.39, 0.29) is 11.4 Å². The van der Waals surface area contributed by atoms with Crippen LogP contribution in [0.2, 0.25) is 0 Å².